The summed E-state index contributed by atoms with van der Waals surface area (Å²) in [5, 5.41) is 9.67. The summed E-state index contributed by atoms with van der Waals surface area (Å²) in [5.41, 5.74) is 2.89. The zero-order valence-corrected chi connectivity index (χ0v) is 18.9. The van der Waals surface area contributed by atoms with Crippen molar-refractivity contribution in [2.45, 2.75) is 0 Å². The standard InChI is InChI=1S/C23H20BrN5O3/c1-31-20-11-18-19(12-21(20)32-2)25-13-26-22(18)27-15-7-9-17(10-8-15)29-23(30)28-16-5-3-14(24)4-6-16/h3-13H,1-2H3,(H,25,26,27)(H2,28,29,30). The van der Waals surface area contributed by atoms with Gasteiger partial charge in [0.25, 0.3) is 0 Å². The predicted molar refractivity (Wildman–Crippen MR) is 129 cm³/mol. The molecule has 0 radical (unpaired) electrons. The summed E-state index contributed by atoms with van der Waals surface area (Å²) < 4.78 is 11.7. The van der Waals surface area contributed by atoms with Crippen LogP contribution in [0.5, 0.6) is 11.5 Å². The molecule has 0 saturated heterocycles. The molecular formula is C23H20BrN5O3. The van der Waals surface area contributed by atoms with E-state index in [4.69, 9.17) is 9.47 Å². The number of ether oxygens (including phenoxy) is 2. The predicted octanol–water partition coefficient (Wildman–Crippen LogP) is 5.80. The van der Waals surface area contributed by atoms with Gasteiger partial charge < -0.3 is 25.4 Å². The summed E-state index contributed by atoms with van der Waals surface area (Å²) in [7, 11) is 3.16. The second-order valence-corrected chi connectivity index (χ2v) is 7.65. The number of hydrogen-bond donors (Lipinski definition) is 3. The molecule has 32 heavy (non-hydrogen) atoms. The first-order valence-corrected chi connectivity index (χ1v) is 10.4. The van der Waals surface area contributed by atoms with Gasteiger partial charge in [-0.15, -0.1) is 0 Å². The maximum atomic E-state index is 12.2. The van der Waals surface area contributed by atoms with E-state index in [1.807, 2.05) is 42.5 Å². The van der Waals surface area contributed by atoms with E-state index >= 15 is 0 Å². The van der Waals surface area contributed by atoms with Crippen LogP contribution in [0.1, 0.15) is 0 Å². The van der Waals surface area contributed by atoms with E-state index in [0.29, 0.717) is 28.7 Å². The van der Waals surface area contributed by atoms with Gasteiger partial charge in [0.15, 0.2) is 11.5 Å². The fourth-order valence-electron chi connectivity index (χ4n) is 3.08. The van der Waals surface area contributed by atoms with Crippen LogP contribution in [0.25, 0.3) is 10.9 Å². The Bertz CT molecular complexity index is 1250. The van der Waals surface area contributed by atoms with Gasteiger partial charge in [-0.1, -0.05) is 15.9 Å². The molecule has 0 aliphatic heterocycles. The number of hydrogen-bond acceptors (Lipinski definition) is 6. The van der Waals surface area contributed by atoms with Crippen LogP contribution in [0.3, 0.4) is 0 Å². The summed E-state index contributed by atoms with van der Waals surface area (Å²) in [4.78, 5) is 20.9. The molecule has 2 amide bonds. The van der Waals surface area contributed by atoms with Gasteiger partial charge >= 0.3 is 6.03 Å². The molecule has 8 nitrogen and oxygen atoms in total. The molecule has 0 aliphatic carbocycles. The van der Waals surface area contributed by atoms with Crippen molar-refractivity contribution in [3.05, 3.63) is 71.5 Å². The third-order valence-corrected chi connectivity index (χ3v) is 5.18. The molecule has 3 aromatic carbocycles. The first kappa shape index (κ1) is 21.4. The zero-order valence-electron chi connectivity index (χ0n) is 17.3. The van der Waals surface area contributed by atoms with Gasteiger partial charge in [0, 0.05) is 33.0 Å². The van der Waals surface area contributed by atoms with E-state index in [9.17, 15) is 4.79 Å². The van der Waals surface area contributed by atoms with Crippen molar-refractivity contribution in [3.8, 4) is 11.5 Å². The number of aromatic nitrogens is 2. The van der Waals surface area contributed by atoms with E-state index in [-0.39, 0.29) is 6.03 Å². The van der Waals surface area contributed by atoms with Crippen LogP contribution in [-0.4, -0.2) is 30.2 Å². The number of nitrogens with one attached hydrogen (secondary N) is 3. The van der Waals surface area contributed by atoms with Crippen LogP contribution in [-0.2, 0) is 0 Å². The average molecular weight is 494 g/mol. The van der Waals surface area contributed by atoms with Crippen LogP contribution < -0.4 is 25.4 Å². The topological polar surface area (TPSA) is 97.4 Å². The summed E-state index contributed by atoms with van der Waals surface area (Å²) >= 11 is 3.37. The van der Waals surface area contributed by atoms with Gasteiger partial charge in [-0.25, -0.2) is 14.8 Å². The molecule has 9 heteroatoms. The first-order valence-electron chi connectivity index (χ1n) is 9.63. The average Bonchev–Trinajstić information content (AvgIpc) is 2.81. The summed E-state index contributed by atoms with van der Waals surface area (Å²) in [6.07, 6.45) is 1.49. The number of rotatable bonds is 6. The summed E-state index contributed by atoms with van der Waals surface area (Å²) in [6, 6.07) is 18.0. The van der Waals surface area contributed by atoms with Crippen LogP contribution in [0.2, 0.25) is 0 Å². The van der Waals surface area contributed by atoms with Gasteiger partial charge in [-0.05, 0) is 54.6 Å². The zero-order chi connectivity index (χ0) is 22.5. The molecule has 4 rings (SSSR count). The molecule has 3 N–H and O–H groups in total. The molecule has 162 valence electrons. The third-order valence-electron chi connectivity index (χ3n) is 4.65. The normalized spacial score (nSPS) is 10.5. The minimum absolute atomic E-state index is 0.323. The number of carbonyl (C=O) groups excluding carboxylic acids is 1. The molecule has 0 saturated carbocycles. The Balaban J connectivity index is 1.47. The number of nitrogens with zero attached hydrogens (tertiary/aromatic N) is 2. The Labute approximate surface area is 193 Å². The number of methoxy groups -OCH3 is 2. The lowest BCUT2D eigenvalue weighted by atomic mass is 10.2. The van der Waals surface area contributed by atoms with Crippen molar-refractivity contribution < 1.29 is 14.3 Å². The van der Waals surface area contributed by atoms with Crippen LogP contribution in [0, 0.1) is 0 Å². The van der Waals surface area contributed by atoms with E-state index in [1.165, 1.54) is 6.33 Å². The highest BCUT2D eigenvalue weighted by Crippen LogP contribution is 2.34. The quantitative estimate of drug-likeness (QED) is 0.314. The lowest BCUT2D eigenvalue weighted by Gasteiger charge is -2.12. The van der Waals surface area contributed by atoms with Crippen molar-refractivity contribution in [2.75, 3.05) is 30.2 Å². The lowest BCUT2D eigenvalue weighted by molar-refractivity contribution is 0.262. The monoisotopic (exact) mass is 493 g/mol. The van der Waals surface area contributed by atoms with Gasteiger partial charge in [0.1, 0.15) is 12.1 Å². The second kappa shape index (κ2) is 9.52. The van der Waals surface area contributed by atoms with Crippen LogP contribution in [0.4, 0.5) is 27.7 Å². The lowest BCUT2D eigenvalue weighted by Crippen LogP contribution is -2.19. The van der Waals surface area contributed by atoms with E-state index in [0.717, 1.165) is 21.1 Å². The van der Waals surface area contributed by atoms with Crippen molar-refractivity contribution in [1.29, 1.82) is 0 Å². The Hall–Kier alpha value is -3.85. The summed E-state index contributed by atoms with van der Waals surface area (Å²) in [5.74, 6) is 1.82. The smallest absolute Gasteiger partial charge is 0.323 e. The Kier molecular flexibility index (Phi) is 6.37. The molecule has 0 aliphatic rings. The van der Waals surface area contributed by atoms with E-state index in [2.05, 4.69) is 41.8 Å². The minimum Gasteiger partial charge on any atom is -0.493 e. The molecule has 4 aromatic rings. The molecule has 0 unspecified atom stereocenters. The van der Waals surface area contributed by atoms with Crippen LogP contribution >= 0.6 is 15.9 Å². The highest BCUT2D eigenvalue weighted by Gasteiger charge is 2.11. The number of carbonyl (C=O) groups is 1. The van der Waals surface area contributed by atoms with Crippen molar-refractivity contribution in [2.24, 2.45) is 0 Å². The Morgan fingerprint density at radius 1 is 0.812 bits per heavy atom. The fourth-order valence-corrected chi connectivity index (χ4v) is 3.35. The molecule has 0 atom stereocenters. The Morgan fingerprint density at radius 3 is 2.00 bits per heavy atom. The first-order chi connectivity index (χ1) is 15.6. The van der Waals surface area contributed by atoms with Gasteiger partial charge in [0.2, 0.25) is 0 Å². The molecule has 1 heterocycles. The van der Waals surface area contributed by atoms with Crippen molar-refractivity contribution in [1.82, 2.24) is 9.97 Å². The molecule has 0 spiro atoms. The maximum absolute atomic E-state index is 12.2. The van der Waals surface area contributed by atoms with Gasteiger partial charge in [0.05, 0.1) is 19.7 Å². The van der Waals surface area contributed by atoms with Gasteiger partial charge in [-0.3, -0.25) is 0 Å². The number of urea groups is 1. The molecule has 1 aromatic heterocycles. The fraction of sp³-hybridized carbons (Fsp3) is 0.0870. The Morgan fingerprint density at radius 2 is 1.38 bits per heavy atom. The maximum Gasteiger partial charge on any atom is 0.323 e. The van der Waals surface area contributed by atoms with E-state index in [1.54, 1.807) is 32.4 Å². The molecule has 0 bridgehead atoms. The second-order valence-electron chi connectivity index (χ2n) is 6.73. The molecular weight excluding hydrogens is 474 g/mol. The highest BCUT2D eigenvalue weighted by atomic mass is 79.9. The van der Waals surface area contributed by atoms with Crippen LogP contribution in [0.15, 0.2) is 71.5 Å². The largest absolute Gasteiger partial charge is 0.493 e. The number of anilines is 4. The SMILES string of the molecule is COc1cc2ncnc(Nc3ccc(NC(=O)Nc4ccc(Br)cc4)cc3)c2cc1OC. The van der Waals surface area contributed by atoms with Gasteiger partial charge in [-0.2, -0.15) is 0 Å². The number of fused-ring (bicyclic) bond motifs is 1. The van der Waals surface area contributed by atoms with E-state index < -0.39 is 0 Å². The molecule has 0 fully saturated rings. The highest BCUT2D eigenvalue weighted by molar-refractivity contribution is 9.10. The van der Waals surface area contributed by atoms with Crippen molar-refractivity contribution in [3.63, 3.8) is 0 Å². The number of amides is 2. The minimum atomic E-state index is -0.323. The number of halogens is 1. The van der Waals surface area contributed by atoms with Crippen molar-refractivity contribution >= 4 is 55.7 Å². The summed E-state index contributed by atoms with van der Waals surface area (Å²) in [6.45, 7) is 0. The third kappa shape index (κ3) is 4.89. The number of benzene rings is 3.